The number of nitriles is 2. The summed E-state index contributed by atoms with van der Waals surface area (Å²) in [5, 5.41) is 19.0. The van der Waals surface area contributed by atoms with Crippen LogP contribution in [0.3, 0.4) is 0 Å². The van der Waals surface area contributed by atoms with E-state index in [4.69, 9.17) is 22.1 Å². The third-order valence-electron chi connectivity index (χ3n) is 3.90. The number of hydrogen-bond acceptors (Lipinski definition) is 6. The van der Waals surface area contributed by atoms with Gasteiger partial charge < -0.3 is 15.5 Å². The molecule has 0 amide bonds. The molecule has 0 unspecified atom stereocenters. The van der Waals surface area contributed by atoms with Gasteiger partial charge >= 0.3 is 5.97 Å². The number of aromatic amines is 1. The van der Waals surface area contributed by atoms with Gasteiger partial charge in [0.15, 0.2) is 0 Å². The number of ether oxygens (including phenoxy) is 1. The van der Waals surface area contributed by atoms with Crippen LogP contribution in [0.2, 0.25) is 5.02 Å². The van der Waals surface area contributed by atoms with Crippen LogP contribution in [-0.2, 0) is 0 Å². The lowest BCUT2D eigenvalue weighted by molar-refractivity contribution is 0.0735. The predicted molar refractivity (Wildman–Crippen MR) is 103 cm³/mol. The summed E-state index contributed by atoms with van der Waals surface area (Å²) in [7, 11) is 0. The Morgan fingerprint density at radius 2 is 1.79 bits per heavy atom. The van der Waals surface area contributed by atoms with E-state index in [1.807, 2.05) is 6.07 Å². The molecule has 3 aromatic rings. The van der Waals surface area contributed by atoms with Gasteiger partial charge in [0.05, 0.1) is 10.6 Å². The Balaban J connectivity index is 2.08. The van der Waals surface area contributed by atoms with Crippen LogP contribution in [0.25, 0.3) is 11.1 Å². The first-order chi connectivity index (χ1) is 13.5. The Morgan fingerprint density at radius 1 is 1.07 bits per heavy atom. The second kappa shape index (κ2) is 7.67. The second-order valence-electron chi connectivity index (χ2n) is 5.61. The molecule has 8 heteroatoms. The van der Waals surface area contributed by atoms with Gasteiger partial charge in [0.1, 0.15) is 34.8 Å². The molecule has 1 heterocycles. The van der Waals surface area contributed by atoms with Gasteiger partial charge in [-0.3, -0.25) is 4.79 Å². The lowest BCUT2D eigenvalue weighted by Gasteiger charge is -2.11. The summed E-state index contributed by atoms with van der Waals surface area (Å²) in [4.78, 5) is 26.7. The summed E-state index contributed by atoms with van der Waals surface area (Å²) in [6, 6.07) is 16.2. The highest BCUT2D eigenvalue weighted by atomic mass is 35.5. The fraction of sp³-hybridized carbons (Fsp3) is 0. The first-order valence-electron chi connectivity index (χ1n) is 7.89. The van der Waals surface area contributed by atoms with Crippen molar-refractivity contribution in [2.45, 2.75) is 0 Å². The molecule has 0 spiro atoms. The molecular formula is C20H11ClN4O3. The predicted octanol–water partition coefficient (Wildman–Crippen LogP) is 3.24. The zero-order valence-electron chi connectivity index (χ0n) is 14.2. The van der Waals surface area contributed by atoms with E-state index in [9.17, 15) is 20.1 Å². The highest BCUT2D eigenvalue weighted by Gasteiger charge is 2.19. The van der Waals surface area contributed by atoms with E-state index < -0.39 is 11.5 Å². The third kappa shape index (κ3) is 3.43. The fourth-order valence-corrected chi connectivity index (χ4v) is 2.85. The molecule has 0 bridgehead atoms. The average molecular weight is 391 g/mol. The lowest BCUT2D eigenvalue weighted by Crippen LogP contribution is -2.16. The number of nitrogens with zero attached hydrogens (tertiary/aromatic N) is 2. The molecule has 0 aliphatic rings. The van der Waals surface area contributed by atoms with Crippen LogP contribution in [0.5, 0.6) is 5.75 Å². The minimum atomic E-state index is -0.715. The van der Waals surface area contributed by atoms with Crippen molar-refractivity contribution in [2.24, 2.45) is 0 Å². The maximum Gasteiger partial charge on any atom is 0.345 e. The van der Waals surface area contributed by atoms with Gasteiger partial charge in [-0.1, -0.05) is 35.9 Å². The molecule has 3 N–H and O–H groups in total. The highest BCUT2D eigenvalue weighted by Crippen LogP contribution is 2.30. The minimum absolute atomic E-state index is 0.0502. The number of halogens is 1. The summed E-state index contributed by atoms with van der Waals surface area (Å²) in [6.45, 7) is 0. The third-order valence-corrected chi connectivity index (χ3v) is 4.22. The number of pyridine rings is 1. The maximum atomic E-state index is 12.4. The molecule has 0 atom stereocenters. The summed E-state index contributed by atoms with van der Waals surface area (Å²) >= 11 is 6.00. The molecule has 0 radical (unpaired) electrons. The number of benzene rings is 2. The highest BCUT2D eigenvalue weighted by molar-refractivity contribution is 6.33. The minimum Gasteiger partial charge on any atom is -0.423 e. The Hall–Kier alpha value is -4.07. The Bertz CT molecular complexity index is 1240. The first-order valence-corrected chi connectivity index (χ1v) is 8.27. The van der Waals surface area contributed by atoms with Crippen molar-refractivity contribution in [1.29, 1.82) is 10.5 Å². The maximum absolute atomic E-state index is 12.4. The number of carbonyl (C=O) groups excluding carboxylic acids is 1. The Labute approximate surface area is 164 Å². The summed E-state index contributed by atoms with van der Waals surface area (Å²) in [5.41, 5.74) is 5.27. The normalized spacial score (nSPS) is 9.96. The van der Waals surface area contributed by atoms with Gasteiger partial charge in [0.25, 0.3) is 5.56 Å². The van der Waals surface area contributed by atoms with Crippen molar-refractivity contribution in [3.8, 4) is 29.0 Å². The number of nitrogens with two attached hydrogens (primary N) is 1. The van der Waals surface area contributed by atoms with Crippen molar-refractivity contribution in [2.75, 3.05) is 5.73 Å². The zero-order valence-corrected chi connectivity index (χ0v) is 14.9. The number of hydrogen-bond donors (Lipinski definition) is 2. The van der Waals surface area contributed by atoms with Crippen LogP contribution in [0, 0.1) is 22.7 Å². The number of anilines is 1. The van der Waals surface area contributed by atoms with E-state index in [2.05, 4.69) is 4.98 Å². The zero-order chi connectivity index (χ0) is 20.3. The molecule has 0 fully saturated rings. The van der Waals surface area contributed by atoms with E-state index in [1.165, 1.54) is 18.2 Å². The largest absolute Gasteiger partial charge is 0.423 e. The molecule has 136 valence electrons. The lowest BCUT2D eigenvalue weighted by atomic mass is 9.96. The molecule has 2 aromatic carbocycles. The summed E-state index contributed by atoms with van der Waals surface area (Å²) < 4.78 is 5.34. The van der Waals surface area contributed by atoms with Gasteiger partial charge in [-0.25, -0.2) is 4.79 Å². The average Bonchev–Trinajstić information content (AvgIpc) is 2.68. The number of esters is 1. The van der Waals surface area contributed by atoms with Gasteiger partial charge in [-0.15, -0.1) is 0 Å². The van der Waals surface area contributed by atoms with Crippen LogP contribution in [0.1, 0.15) is 21.5 Å². The topological polar surface area (TPSA) is 133 Å². The van der Waals surface area contributed by atoms with Crippen LogP contribution >= 0.6 is 11.6 Å². The number of aromatic nitrogens is 1. The van der Waals surface area contributed by atoms with E-state index >= 15 is 0 Å². The molecule has 1 aromatic heterocycles. The first kappa shape index (κ1) is 18.7. The van der Waals surface area contributed by atoms with E-state index in [1.54, 1.807) is 36.4 Å². The summed E-state index contributed by atoms with van der Waals surface area (Å²) in [6.07, 6.45) is 0. The van der Waals surface area contributed by atoms with E-state index in [0.717, 1.165) is 0 Å². The Morgan fingerprint density at radius 3 is 2.46 bits per heavy atom. The van der Waals surface area contributed by atoms with Crippen LogP contribution in [-0.4, -0.2) is 11.0 Å². The fourth-order valence-electron chi connectivity index (χ4n) is 2.64. The van der Waals surface area contributed by atoms with Crippen molar-refractivity contribution < 1.29 is 9.53 Å². The second-order valence-corrected chi connectivity index (χ2v) is 6.02. The van der Waals surface area contributed by atoms with Crippen LogP contribution in [0.4, 0.5) is 5.82 Å². The van der Waals surface area contributed by atoms with Gasteiger partial charge in [-0.05, 0) is 29.8 Å². The van der Waals surface area contributed by atoms with Gasteiger partial charge in [0, 0.05) is 5.56 Å². The van der Waals surface area contributed by atoms with Gasteiger partial charge in [0.2, 0.25) is 0 Å². The monoisotopic (exact) mass is 390 g/mol. The molecule has 3 rings (SSSR count). The number of nitrogens with one attached hydrogen (secondary N) is 1. The number of nitrogen functional groups attached to an aromatic ring is 1. The van der Waals surface area contributed by atoms with Crippen LogP contribution < -0.4 is 16.0 Å². The molecule has 0 aliphatic carbocycles. The number of carbonyl (C=O) groups is 1. The van der Waals surface area contributed by atoms with Crippen molar-refractivity contribution in [3.63, 3.8) is 0 Å². The SMILES string of the molecule is N#Cc1c(N)[nH]c(=O)c(C#N)c1-c1cccc(OC(=O)c2ccccc2Cl)c1. The van der Waals surface area contributed by atoms with Crippen molar-refractivity contribution in [3.05, 3.63) is 80.6 Å². The summed E-state index contributed by atoms with van der Waals surface area (Å²) in [5.74, 6) is -0.678. The van der Waals surface area contributed by atoms with E-state index in [0.29, 0.717) is 5.56 Å². The molecule has 0 saturated heterocycles. The molecule has 0 aliphatic heterocycles. The smallest absolute Gasteiger partial charge is 0.345 e. The van der Waals surface area contributed by atoms with Gasteiger partial charge in [-0.2, -0.15) is 10.5 Å². The standard InChI is InChI=1S/C20H11ClN4O3/c21-16-7-2-1-6-13(16)20(27)28-12-5-3-4-11(8-12)17-14(9-22)18(24)25-19(26)15(17)10-23/h1-8H,(H3,24,25,26). The van der Waals surface area contributed by atoms with Crippen LogP contribution in [0.15, 0.2) is 53.3 Å². The van der Waals surface area contributed by atoms with E-state index in [-0.39, 0.29) is 38.8 Å². The Kier molecular flexibility index (Phi) is 5.12. The number of H-pyrrole nitrogens is 1. The van der Waals surface area contributed by atoms with Crippen molar-refractivity contribution in [1.82, 2.24) is 4.98 Å². The number of rotatable bonds is 3. The molecular weight excluding hydrogens is 380 g/mol. The molecule has 0 saturated carbocycles. The quantitative estimate of drug-likeness (QED) is 0.521. The molecule has 28 heavy (non-hydrogen) atoms. The van der Waals surface area contributed by atoms with Crippen molar-refractivity contribution >= 4 is 23.4 Å². The molecule has 7 nitrogen and oxygen atoms in total.